The van der Waals surface area contributed by atoms with Gasteiger partial charge in [0.15, 0.2) is 0 Å². The molecule has 2 aliphatic rings. The maximum atomic E-state index is 10.8. The Morgan fingerprint density at radius 2 is 1.02 bits per heavy atom. The van der Waals surface area contributed by atoms with Crippen molar-refractivity contribution in [2.75, 3.05) is 39.6 Å². The first-order valence-corrected chi connectivity index (χ1v) is 18.7. The second-order valence-electron chi connectivity index (χ2n) is 15.7. The van der Waals surface area contributed by atoms with Gasteiger partial charge in [-0.15, -0.1) is 0 Å². The molecule has 0 bridgehead atoms. The summed E-state index contributed by atoms with van der Waals surface area (Å²) in [6.45, 7) is 18.4. The number of aliphatic hydroxyl groups is 1. The van der Waals surface area contributed by atoms with Crippen LogP contribution in [0.15, 0.2) is 97.1 Å². The number of aliphatic hydroxyl groups excluding tert-OH is 1. The van der Waals surface area contributed by atoms with Gasteiger partial charge in [0.25, 0.3) is 0 Å². The Labute approximate surface area is 310 Å². The van der Waals surface area contributed by atoms with Crippen LogP contribution in [0.2, 0.25) is 0 Å². The van der Waals surface area contributed by atoms with Crippen LogP contribution in [-0.2, 0) is 35.4 Å². The molecule has 1 N–H and O–H groups in total. The number of hydrogen-bond acceptors (Lipinski definition) is 7. The fourth-order valence-corrected chi connectivity index (χ4v) is 6.49. The van der Waals surface area contributed by atoms with Crippen molar-refractivity contribution in [2.45, 2.75) is 95.7 Å². The summed E-state index contributed by atoms with van der Waals surface area (Å²) in [7, 11) is 0. The van der Waals surface area contributed by atoms with Crippen LogP contribution < -0.4 is 9.47 Å². The summed E-state index contributed by atoms with van der Waals surface area (Å²) in [6, 6.07) is 33.8. The van der Waals surface area contributed by atoms with Crippen LogP contribution >= 0.6 is 0 Å². The van der Waals surface area contributed by atoms with Crippen molar-refractivity contribution in [2.24, 2.45) is 0 Å². The van der Waals surface area contributed by atoms with E-state index in [1.165, 1.54) is 22.3 Å². The Hall–Kier alpha value is -3.72. The second-order valence-corrected chi connectivity index (χ2v) is 15.7. The number of hydrogen-bond donors (Lipinski definition) is 1. The van der Waals surface area contributed by atoms with Crippen molar-refractivity contribution < 1.29 is 33.5 Å². The zero-order chi connectivity index (χ0) is 36.9. The lowest BCUT2D eigenvalue weighted by Gasteiger charge is -2.29. The maximum Gasteiger partial charge on any atom is 0.119 e. The van der Waals surface area contributed by atoms with Crippen molar-refractivity contribution in [3.63, 3.8) is 0 Å². The van der Waals surface area contributed by atoms with Crippen LogP contribution in [0.5, 0.6) is 11.5 Å². The molecule has 0 radical (unpaired) electrons. The fraction of sp³-hybridized carbons (Fsp3) is 0.467. The lowest BCUT2D eigenvalue weighted by atomic mass is 9.77. The third-order valence-electron chi connectivity index (χ3n) is 10.6. The Morgan fingerprint density at radius 3 is 1.50 bits per heavy atom. The van der Waals surface area contributed by atoms with Gasteiger partial charge in [0.1, 0.15) is 43.0 Å². The van der Waals surface area contributed by atoms with Crippen molar-refractivity contribution >= 4 is 0 Å². The van der Waals surface area contributed by atoms with Gasteiger partial charge in [-0.1, -0.05) is 107 Å². The molecule has 4 aromatic carbocycles. The number of epoxide rings is 2. The number of benzene rings is 4. The summed E-state index contributed by atoms with van der Waals surface area (Å²) < 4.78 is 34.7. The molecular formula is C45H56O7. The molecule has 7 heteroatoms. The molecule has 0 aliphatic carbocycles. The standard InChI is InChI=1S/C45H56O7/c1-8-42(31-9-11-32(12-10-31)43(2,3)34-19-23-39(24-20-34)48-27-40-28-49-40)51-26-37(46)25-47-38-21-17-35(18-22-38)44(4,5)33-13-15-36(16-14-33)45(6,7)52-30-41-29-50-41/h9-24,37,40-42,46H,8,25-30H2,1-7H3. The third kappa shape index (κ3) is 9.63. The minimum absolute atomic E-state index is 0.120. The highest BCUT2D eigenvalue weighted by molar-refractivity contribution is 5.43. The molecule has 2 heterocycles. The van der Waals surface area contributed by atoms with E-state index >= 15 is 0 Å². The zero-order valence-electron chi connectivity index (χ0n) is 31.9. The normalized spacial score (nSPS) is 18.5. The summed E-state index contributed by atoms with van der Waals surface area (Å²) in [5.74, 6) is 1.58. The van der Waals surface area contributed by atoms with E-state index in [2.05, 4.69) is 121 Å². The smallest absolute Gasteiger partial charge is 0.119 e. The maximum absolute atomic E-state index is 10.8. The Balaban J connectivity index is 0.969. The van der Waals surface area contributed by atoms with Crippen LogP contribution in [-0.4, -0.2) is 63.1 Å². The van der Waals surface area contributed by atoms with Crippen LogP contribution in [0, 0.1) is 0 Å². The Bertz CT molecular complexity index is 1700. The predicted molar refractivity (Wildman–Crippen MR) is 204 cm³/mol. The lowest BCUT2D eigenvalue weighted by Crippen LogP contribution is -2.25. The van der Waals surface area contributed by atoms with E-state index in [1.807, 2.05) is 24.3 Å². The van der Waals surface area contributed by atoms with Crippen LogP contribution in [0.3, 0.4) is 0 Å². The molecule has 4 atom stereocenters. The minimum atomic E-state index is -0.754. The second kappa shape index (κ2) is 16.1. The average Bonchev–Trinajstić information content (AvgIpc) is 4.10. The number of ether oxygens (including phenoxy) is 6. The zero-order valence-corrected chi connectivity index (χ0v) is 31.9. The number of rotatable bonds is 19. The topological polar surface area (TPSA) is 82.2 Å². The van der Waals surface area contributed by atoms with Gasteiger partial charge >= 0.3 is 0 Å². The highest BCUT2D eigenvalue weighted by atomic mass is 16.6. The molecule has 2 saturated heterocycles. The summed E-state index contributed by atoms with van der Waals surface area (Å²) in [4.78, 5) is 0. The van der Waals surface area contributed by atoms with Crippen molar-refractivity contribution in [1.29, 1.82) is 0 Å². The average molecular weight is 709 g/mol. The molecule has 2 aliphatic heterocycles. The van der Waals surface area contributed by atoms with Gasteiger partial charge in [0.2, 0.25) is 0 Å². The molecule has 4 unspecified atom stereocenters. The molecule has 6 rings (SSSR count). The van der Waals surface area contributed by atoms with Gasteiger partial charge in [-0.2, -0.15) is 0 Å². The van der Waals surface area contributed by atoms with Gasteiger partial charge in [0.05, 0.1) is 38.1 Å². The van der Waals surface area contributed by atoms with Gasteiger partial charge in [-0.25, -0.2) is 0 Å². The molecule has 7 nitrogen and oxygen atoms in total. The highest BCUT2D eigenvalue weighted by Crippen LogP contribution is 2.36. The molecule has 4 aromatic rings. The molecule has 52 heavy (non-hydrogen) atoms. The first-order valence-electron chi connectivity index (χ1n) is 18.7. The quantitative estimate of drug-likeness (QED) is 0.0977. The molecule has 2 fully saturated rings. The van der Waals surface area contributed by atoms with Gasteiger partial charge < -0.3 is 33.5 Å². The molecule has 0 saturated carbocycles. The first-order chi connectivity index (χ1) is 24.8. The molecule has 0 amide bonds. The minimum Gasteiger partial charge on any atom is -0.491 e. The molecule has 278 valence electrons. The summed E-state index contributed by atoms with van der Waals surface area (Å²) in [5.41, 5.74) is 6.32. The third-order valence-corrected chi connectivity index (χ3v) is 10.6. The van der Waals surface area contributed by atoms with E-state index in [4.69, 9.17) is 28.4 Å². The first kappa shape index (κ1) is 38.0. The van der Waals surface area contributed by atoms with E-state index < -0.39 is 6.10 Å². The summed E-state index contributed by atoms with van der Waals surface area (Å²) >= 11 is 0. The monoisotopic (exact) mass is 708 g/mol. The van der Waals surface area contributed by atoms with Gasteiger partial charge in [-0.3, -0.25) is 0 Å². The van der Waals surface area contributed by atoms with Crippen LogP contribution in [0.4, 0.5) is 0 Å². The highest BCUT2D eigenvalue weighted by Gasteiger charge is 2.30. The van der Waals surface area contributed by atoms with E-state index in [0.717, 1.165) is 36.5 Å². The van der Waals surface area contributed by atoms with Gasteiger partial charge in [-0.05, 0) is 77.9 Å². The molecular weight excluding hydrogens is 652 g/mol. The Kier molecular flexibility index (Phi) is 11.8. The van der Waals surface area contributed by atoms with Gasteiger partial charge in [0, 0.05) is 10.8 Å². The lowest BCUT2D eigenvalue weighted by molar-refractivity contribution is -0.0285. The van der Waals surface area contributed by atoms with E-state index in [1.54, 1.807) is 0 Å². The molecule has 0 aromatic heterocycles. The van der Waals surface area contributed by atoms with Crippen molar-refractivity contribution in [1.82, 2.24) is 0 Å². The SMILES string of the molecule is CCC(OCC(O)COc1ccc(C(C)(C)c2ccc(C(C)(C)OCC3CO3)cc2)cc1)c1ccc(C(C)(C)c2ccc(OCC3CO3)cc2)cc1. The van der Waals surface area contributed by atoms with Crippen LogP contribution in [0.1, 0.15) is 94.4 Å². The van der Waals surface area contributed by atoms with E-state index in [0.29, 0.717) is 19.0 Å². The summed E-state index contributed by atoms with van der Waals surface area (Å²) in [5, 5.41) is 10.8. The molecule has 0 spiro atoms. The summed E-state index contributed by atoms with van der Waals surface area (Å²) in [6.07, 6.45) is 0.408. The Morgan fingerprint density at radius 1 is 0.596 bits per heavy atom. The van der Waals surface area contributed by atoms with Crippen molar-refractivity contribution in [3.05, 3.63) is 130 Å². The fourth-order valence-electron chi connectivity index (χ4n) is 6.49. The predicted octanol–water partition coefficient (Wildman–Crippen LogP) is 8.67. The van der Waals surface area contributed by atoms with E-state index in [-0.39, 0.29) is 48.0 Å². The largest absolute Gasteiger partial charge is 0.491 e. The van der Waals surface area contributed by atoms with E-state index in [9.17, 15) is 5.11 Å². The van der Waals surface area contributed by atoms with Crippen molar-refractivity contribution in [3.8, 4) is 11.5 Å². The van der Waals surface area contributed by atoms with Crippen LogP contribution in [0.25, 0.3) is 0 Å².